The number of benzene rings is 1. The van der Waals surface area contributed by atoms with E-state index in [1.54, 1.807) is 23.9 Å². The maximum Gasteiger partial charge on any atom is 0.293 e. The van der Waals surface area contributed by atoms with Crippen molar-refractivity contribution in [3.63, 3.8) is 0 Å². The number of rotatable bonds is 4. The summed E-state index contributed by atoms with van der Waals surface area (Å²) >= 11 is 7.50. The number of aromatic nitrogens is 2. The highest BCUT2D eigenvalue weighted by molar-refractivity contribution is 7.99. The van der Waals surface area contributed by atoms with Gasteiger partial charge < -0.3 is 9.88 Å². The molecule has 6 nitrogen and oxygen atoms in total. The van der Waals surface area contributed by atoms with Gasteiger partial charge in [0.1, 0.15) is 5.69 Å². The van der Waals surface area contributed by atoms with Crippen LogP contribution >= 0.6 is 23.4 Å². The second kappa shape index (κ2) is 5.34. The highest BCUT2D eigenvalue weighted by Gasteiger charge is 2.16. The van der Waals surface area contributed by atoms with Crippen LogP contribution in [0, 0.1) is 10.1 Å². The fraction of sp³-hybridized carbons (Fsp3) is 0.250. The Morgan fingerprint density at radius 3 is 3.15 bits per heavy atom. The van der Waals surface area contributed by atoms with Gasteiger partial charge in [0.2, 0.25) is 0 Å². The van der Waals surface area contributed by atoms with E-state index in [4.69, 9.17) is 11.6 Å². The van der Waals surface area contributed by atoms with Crippen LogP contribution in [0.1, 0.15) is 5.69 Å². The van der Waals surface area contributed by atoms with Crippen LogP contribution in [0.4, 0.5) is 11.4 Å². The van der Waals surface area contributed by atoms with Gasteiger partial charge >= 0.3 is 0 Å². The summed E-state index contributed by atoms with van der Waals surface area (Å²) in [5.41, 5.74) is 1.29. The topological polar surface area (TPSA) is 73.0 Å². The van der Waals surface area contributed by atoms with Crippen molar-refractivity contribution >= 4 is 34.7 Å². The Hall–Kier alpha value is -1.73. The van der Waals surface area contributed by atoms with E-state index < -0.39 is 4.92 Å². The van der Waals surface area contributed by atoms with Crippen LogP contribution in [0.15, 0.2) is 29.6 Å². The SMILES string of the molecule is O=[N+]([O-])c1cc(Cl)ccc1NCc1cn2c(n1)SCC2. The first-order chi connectivity index (χ1) is 9.63. The molecule has 0 saturated heterocycles. The zero-order valence-corrected chi connectivity index (χ0v) is 11.9. The number of nitrogens with zero attached hydrogens (tertiary/aromatic N) is 3. The normalized spacial score (nSPS) is 13.2. The summed E-state index contributed by atoms with van der Waals surface area (Å²) in [5, 5.41) is 15.4. The van der Waals surface area contributed by atoms with Gasteiger partial charge in [-0.1, -0.05) is 23.4 Å². The van der Waals surface area contributed by atoms with Gasteiger partial charge in [0.15, 0.2) is 5.16 Å². The summed E-state index contributed by atoms with van der Waals surface area (Å²) in [6.45, 7) is 1.41. The van der Waals surface area contributed by atoms with Crippen LogP contribution in [-0.4, -0.2) is 20.2 Å². The molecule has 1 aliphatic rings. The molecule has 0 spiro atoms. The van der Waals surface area contributed by atoms with Crippen molar-refractivity contribution in [2.75, 3.05) is 11.1 Å². The fourth-order valence-corrected chi connectivity index (χ4v) is 3.17. The van der Waals surface area contributed by atoms with E-state index in [0.717, 1.165) is 23.1 Å². The molecule has 2 heterocycles. The largest absolute Gasteiger partial charge is 0.374 e. The molecule has 0 saturated carbocycles. The van der Waals surface area contributed by atoms with E-state index in [1.807, 2.05) is 6.20 Å². The maximum atomic E-state index is 11.0. The molecule has 0 unspecified atom stereocenters. The zero-order chi connectivity index (χ0) is 14.1. The monoisotopic (exact) mass is 310 g/mol. The van der Waals surface area contributed by atoms with Gasteiger partial charge in [-0.05, 0) is 12.1 Å². The first-order valence-electron chi connectivity index (χ1n) is 6.00. The van der Waals surface area contributed by atoms with E-state index in [-0.39, 0.29) is 5.69 Å². The van der Waals surface area contributed by atoms with Gasteiger partial charge in [-0.3, -0.25) is 10.1 Å². The van der Waals surface area contributed by atoms with Crippen LogP contribution < -0.4 is 5.32 Å². The van der Waals surface area contributed by atoms with Gasteiger partial charge in [0.25, 0.3) is 5.69 Å². The molecular weight excluding hydrogens is 300 g/mol. The summed E-state index contributed by atoms with van der Waals surface area (Å²) in [7, 11) is 0. The Labute approximate surface area is 124 Å². The fourth-order valence-electron chi connectivity index (χ4n) is 2.04. The van der Waals surface area contributed by atoms with Gasteiger partial charge in [-0.2, -0.15) is 0 Å². The molecule has 2 aromatic rings. The Balaban J connectivity index is 1.76. The third-order valence-corrected chi connectivity index (χ3v) is 4.18. The highest BCUT2D eigenvalue weighted by atomic mass is 35.5. The lowest BCUT2D eigenvalue weighted by Gasteiger charge is -2.05. The molecule has 1 N–H and O–H groups in total. The van der Waals surface area contributed by atoms with E-state index in [2.05, 4.69) is 14.9 Å². The van der Waals surface area contributed by atoms with Gasteiger partial charge in [-0.25, -0.2) is 4.98 Å². The number of fused-ring (bicyclic) bond motifs is 1. The summed E-state index contributed by atoms with van der Waals surface area (Å²) in [6, 6.07) is 4.58. The molecule has 0 atom stereocenters. The Kier molecular flexibility index (Phi) is 3.54. The molecule has 1 aromatic carbocycles. The molecule has 0 fully saturated rings. The van der Waals surface area contributed by atoms with Crippen LogP contribution in [0.2, 0.25) is 5.02 Å². The van der Waals surface area contributed by atoms with Crippen LogP contribution in [0.3, 0.4) is 0 Å². The number of hydrogen-bond acceptors (Lipinski definition) is 5. The quantitative estimate of drug-likeness (QED) is 0.693. The molecule has 20 heavy (non-hydrogen) atoms. The average Bonchev–Trinajstić information content (AvgIpc) is 2.97. The Morgan fingerprint density at radius 1 is 1.55 bits per heavy atom. The average molecular weight is 311 g/mol. The van der Waals surface area contributed by atoms with Crippen molar-refractivity contribution < 1.29 is 4.92 Å². The summed E-state index contributed by atoms with van der Waals surface area (Å²) < 4.78 is 2.10. The Bertz CT molecular complexity index is 652. The molecule has 1 aliphatic heterocycles. The third-order valence-electron chi connectivity index (χ3n) is 2.97. The van der Waals surface area contributed by atoms with Crippen LogP contribution in [-0.2, 0) is 13.1 Å². The minimum atomic E-state index is -0.447. The molecule has 0 radical (unpaired) electrons. The van der Waals surface area contributed by atoms with Gasteiger partial charge in [0, 0.05) is 29.6 Å². The number of hydrogen-bond donors (Lipinski definition) is 1. The lowest BCUT2D eigenvalue weighted by atomic mass is 10.2. The summed E-state index contributed by atoms with van der Waals surface area (Å²) in [5.74, 6) is 1.05. The number of anilines is 1. The Morgan fingerprint density at radius 2 is 2.40 bits per heavy atom. The number of thioether (sulfide) groups is 1. The number of halogens is 1. The number of nitro benzene ring substituents is 1. The molecule has 0 amide bonds. The zero-order valence-electron chi connectivity index (χ0n) is 10.4. The predicted octanol–water partition coefficient (Wildman–Crippen LogP) is 3.16. The standard InChI is InChI=1S/C12H11ClN4O2S/c13-8-1-2-10(11(5-8)17(18)19)14-6-9-7-16-3-4-20-12(16)15-9/h1-2,5,7,14H,3-4,6H2. The molecule has 0 bridgehead atoms. The minimum Gasteiger partial charge on any atom is -0.374 e. The lowest BCUT2D eigenvalue weighted by molar-refractivity contribution is -0.383. The van der Waals surface area contributed by atoms with E-state index in [0.29, 0.717) is 17.3 Å². The molecule has 0 aliphatic carbocycles. The van der Waals surface area contributed by atoms with Crippen molar-refractivity contribution in [1.82, 2.24) is 9.55 Å². The molecule has 1 aromatic heterocycles. The molecular formula is C12H11ClN4O2S. The predicted molar refractivity (Wildman–Crippen MR) is 78.4 cm³/mol. The number of nitrogens with one attached hydrogen (secondary N) is 1. The number of imidazole rings is 1. The van der Waals surface area contributed by atoms with Crippen LogP contribution in [0.5, 0.6) is 0 Å². The number of aryl methyl sites for hydroxylation is 1. The van der Waals surface area contributed by atoms with Crippen molar-refractivity contribution in [3.8, 4) is 0 Å². The van der Waals surface area contributed by atoms with Crippen LogP contribution in [0.25, 0.3) is 0 Å². The summed E-state index contributed by atoms with van der Waals surface area (Å²) in [4.78, 5) is 15.0. The molecule has 104 valence electrons. The van der Waals surface area contributed by atoms with Crippen molar-refractivity contribution in [2.24, 2.45) is 0 Å². The first kappa shape index (κ1) is 13.3. The summed E-state index contributed by atoms with van der Waals surface area (Å²) in [6.07, 6.45) is 1.98. The second-order valence-corrected chi connectivity index (χ2v) is 5.83. The smallest absolute Gasteiger partial charge is 0.293 e. The van der Waals surface area contributed by atoms with Crippen molar-refractivity contribution in [2.45, 2.75) is 18.2 Å². The van der Waals surface area contributed by atoms with Crippen molar-refractivity contribution in [1.29, 1.82) is 0 Å². The maximum absolute atomic E-state index is 11.0. The van der Waals surface area contributed by atoms with E-state index in [9.17, 15) is 10.1 Å². The highest BCUT2D eigenvalue weighted by Crippen LogP contribution is 2.29. The van der Waals surface area contributed by atoms with E-state index in [1.165, 1.54) is 6.07 Å². The van der Waals surface area contributed by atoms with Gasteiger partial charge in [-0.15, -0.1) is 0 Å². The number of nitro groups is 1. The third kappa shape index (κ3) is 2.59. The lowest BCUT2D eigenvalue weighted by Crippen LogP contribution is -2.03. The van der Waals surface area contributed by atoms with Crippen molar-refractivity contribution in [3.05, 3.63) is 45.2 Å². The molecule has 8 heteroatoms. The second-order valence-electron chi connectivity index (χ2n) is 4.33. The first-order valence-corrected chi connectivity index (χ1v) is 7.36. The van der Waals surface area contributed by atoms with Gasteiger partial charge in [0.05, 0.1) is 17.2 Å². The van der Waals surface area contributed by atoms with E-state index >= 15 is 0 Å². The molecule has 3 rings (SSSR count). The minimum absolute atomic E-state index is 0.0291.